The van der Waals surface area contributed by atoms with E-state index in [2.05, 4.69) is 22.9 Å². The smallest absolute Gasteiger partial charge is 0.137 e. The summed E-state index contributed by atoms with van der Waals surface area (Å²) in [4.78, 5) is 0. The van der Waals surface area contributed by atoms with Crippen molar-refractivity contribution in [3.63, 3.8) is 0 Å². The van der Waals surface area contributed by atoms with Crippen molar-refractivity contribution in [1.29, 1.82) is 0 Å². The second-order valence-corrected chi connectivity index (χ2v) is 6.09. The average molecular weight is 315 g/mol. The van der Waals surface area contributed by atoms with Crippen LogP contribution in [-0.4, -0.2) is 5.11 Å². The van der Waals surface area contributed by atoms with E-state index in [-0.39, 0.29) is 11.7 Å². The summed E-state index contributed by atoms with van der Waals surface area (Å²) in [6, 6.07) is 4.95. The summed E-state index contributed by atoms with van der Waals surface area (Å²) in [5.41, 5.74) is 0.709. The zero-order valence-electron chi connectivity index (χ0n) is 10.7. The summed E-state index contributed by atoms with van der Waals surface area (Å²) in [5.74, 6) is 0.556. The van der Waals surface area contributed by atoms with E-state index in [1.165, 1.54) is 25.3 Å². The molecule has 1 fully saturated rings. The fourth-order valence-corrected chi connectivity index (χ4v) is 3.35. The van der Waals surface area contributed by atoms with Crippen molar-refractivity contribution in [2.45, 2.75) is 45.1 Å². The minimum atomic E-state index is -0.530. The number of hydrogen-bond donors (Lipinski definition) is 1. The highest BCUT2D eigenvalue weighted by Crippen LogP contribution is 2.40. The highest BCUT2D eigenvalue weighted by Gasteiger charge is 2.30. The van der Waals surface area contributed by atoms with Gasteiger partial charge in [0, 0.05) is 0 Å². The predicted octanol–water partition coefficient (Wildman–Crippen LogP) is 4.84. The van der Waals surface area contributed by atoms with E-state index in [9.17, 15) is 9.50 Å². The lowest BCUT2D eigenvalue weighted by molar-refractivity contribution is 0.0450. The number of halogens is 2. The SMILES string of the molecule is CCC1CCCCC1C(O)c1ccc(Br)c(F)c1. The molecule has 1 aromatic carbocycles. The van der Waals surface area contributed by atoms with Gasteiger partial charge in [0.2, 0.25) is 0 Å². The molecule has 1 aliphatic carbocycles. The lowest BCUT2D eigenvalue weighted by Gasteiger charge is -2.34. The van der Waals surface area contributed by atoms with E-state index >= 15 is 0 Å². The highest BCUT2D eigenvalue weighted by molar-refractivity contribution is 9.10. The van der Waals surface area contributed by atoms with Crippen molar-refractivity contribution >= 4 is 15.9 Å². The van der Waals surface area contributed by atoms with Crippen LogP contribution in [0.4, 0.5) is 4.39 Å². The Balaban J connectivity index is 2.18. The third-order valence-electron chi connectivity index (χ3n) is 4.18. The maximum absolute atomic E-state index is 13.5. The van der Waals surface area contributed by atoms with Gasteiger partial charge < -0.3 is 5.11 Å². The Morgan fingerprint density at radius 1 is 1.39 bits per heavy atom. The maximum Gasteiger partial charge on any atom is 0.137 e. The first kappa shape index (κ1) is 14.0. The quantitative estimate of drug-likeness (QED) is 0.846. The summed E-state index contributed by atoms with van der Waals surface area (Å²) in [5, 5.41) is 10.5. The molecule has 0 aliphatic heterocycles. The molecule has 1 N–H and O–H groups in total. The van der Waals surface area contributed by atoms with Gasteiger partial charge in [0.1, 0.15) is 5.82 Å². The Kier molecular flexibility index (Phi) is 4.79. The third kappa shape index (κ3) is 2.94. The molecule has 18 heavy (non-hydrogen) atoms. The van der Waals surface area contributed by atoms with Gasteiger partial charge in [-0.15, -0.1) is 0 Å². The topological polar surface area (TPSA) is 20.2 Å². The lowest BCUT2D eigenvalue weighted by Crippen LogP contribution is -2.25. The Morgan fingerprint density at radius 3 is 2.78 bits per heavy atom. The minimum Gasteiger partial charge on any atom is -0.388 e. The third-order valence-corrected chi connectivity index (χ3v) is 4.83. The van der Waals surface area contributed by atoms with Crippen molar-refractivity contribution in [1.82, 2.24) is 0 Å². The Morgan fingerprint density at radius 2 is 2.11 bits per heavy atom. The van der Waals surface area contributed by atoms with Crippen LogP contribution in [0.3, 0.4) is 0 Å². The Hall–Kier alpha value is -0.410. The number of rotatable bonds is 3. The summed E-state index contributed by atoms with van der Waals surface area (Å²) < 4.78 is 14.0. The van der Waals surface area contributed by atoms with Crippen molar-refractivity contribution in [3.05, 3.63) is 34.1 Å². The predicted molar refractivity (Wildman–Crippen MR) is 74.8 cm³/mol. The Bertz CT molecular complexity index is 407. The molecular formula is C15H20BrFO. The van der Waals surface area contributed by atoms with Crippen LogP contribution in [0.15, 0.2) is 22.7 Å². The van der Waals surface area contributed by atoms with Crippen molar-refractivity contribution in [2.75, 3.05) is 0 Å². The van der Waals surface area contributed by atoms with Gasteiger partial charge in [-0.25, -0.2) is 4.39 Å². The zero-order chi connectivity index (χ0) is 13.1. The molecule has 1 aliphatic rings. The van der Waals surface area contributed by atoms with Crippen LogP contribution in [0.5, 0.6) is 0 Å². The van der Waals surface area contributed by atoms with Crippen molar-refractivity contribution in [2.24, 2.45) is 11.8 Å². The summed E-state index contributed by atoms with van der Waals surface area (Å²) >= 11 is 3.14. The van der Waals surface area contributed by atoms with Crippen molar-refractivity contribution < 1.29 is 9.50 Å². The molecule has 2 rings (SSSR count). The summed E-state index contributed by atoms with van der Waals surface area (Å²) in [6.45, 7) is 2.18. The largest absolute Gasteiger partial charge is 0.388 e. The number of hydrogen-bond acceptors (Lipinski definition) is 1. The first-order valence-electron chi connectivity index (χ1n) is 6.76. The second kappa shape index (κ2) is 6.16. The van der Waals surface area contributed by atoms with E-state index in [1.54, 1.807) is 6.07 Å². The van der Waals surface area contributed by atoms with E-state index in [0.29, 0.717) is 16.0 Å². The second-order valence-electron chi connectivity index (χ2n) is 5.24. The van der Waals surface area contributed by atoms with Gasteiger partial charge in [0.15, 0.2) is 0 Å². The van der Waals surface area contributed by atoms with E-state index in [1.807, 2.05) is 6.07 Å². The van der Waals surface area contributed by atoms with Crippen LogP contribution in [0, 0.1) is 17.7 Å². The molecule has 0 spiro atoms. The molecule has 0 amide bonds. The van der Waals surface area contributed by atoms with Gasteiger partial charge >= 0.3 is 0 Å². The monoisotopic (exact) mass is 314 g/mol. The summed E-state index contributed by atoms with van der Waals surface area (Å²) in [7, 11) is 0. The Labute approximate surface area is 117 Å². The van der Waals surface area contributed by atoms with Crippen LogP contribution in [-0.2, 0) is 0 Å². The molecule has 1 aromatic rings. The number of aliphatic hydroxyl groups excluding tert-OH is 1. The maximum atomic E-state index is 13.5. The van der Waals surface area contributed by atoms with Crippen LogP contribution < -0.4 is 0 Å². The zero-order valence-corrected chi connectivity index (χ0v) is 12.3. The fraction of sp³-hybridized carbons (Fsp3) is 0.600. The number of aliphatic hydroxyl groups is 1. The average Bonchev–Trinajstić information content (AvgIpc) is 2.41. The van der Waals surface area contributed by atoms with E-state index in [0.717, 1.165) is 12.8 Å². The summed E-state index contributed by atoms with van der Waals surface area (Å²) in [6.07, 6.45) is 5.25. The molecule has 0 aromatic heterocycles. The molecule has 100 valence electrons. The van der Waals surface area contributed by atoms with Crippen molar-refractivity contribution in [3.8, 4) is 0 Å². The molecule has 1 nitrogen and oxygen atoms in total. The first-order chi connectivity index (χ1) is 8.63. The number of benzene rings is 1. The molecule has 0 saturated heterocycles. The molecule has 3 unspecified atom stereocenters. The van der Waals surface area contributed by atoms with Gasteiger partial charge in [-0.1, -0.05) is 38.7 Å². The lowest BCUT2D eigenvalue weighted by atomic mass is 9.73. The minimum absolute atomic E-state index is 0.282. The van der Waals surface area contributed by atoms with Gasteiger partial charge in [-0.05, 0) is 51.9 Å². The van der Waals surface area contributed by atoms with Gasteiger partial charge in [0.05, 0.1) is 10.6 Å². The molecule has 3 atom stereocenters. The molecule has 0 radical (unpaired) electrons. The van der Waals surface area contributed by atoms with E-state index < -0.39 is 6.10 Å². The molecular weight excluding hydrogens is 295 g/mol. The van der Waals surface area contributed by atoms with Gasteiger partial charge in [-0.3, -0.25) is 0 Å². The molecule has 0 bridgehead atoms. The van der Waals surface area contributed by atoms with Crippen LogP contribution in [0.2, 0.25) is 0 Å². The van der Waals surface area contributed by atoms with E-state index in [4.69, 9.17) is 0 Å². The van der Waals surface area contributed by atoms with Gasteiger partial charge in [0.25, 0.3) is 0 Å². The van der Waals surface area contributed by atoms with Crippen LogP contribution in [0.25, 0.3) is 0 Å². The van der Waals surface area contributed by atoms with Gasteiger partial charge in [-0.2, -0.15) is 0 Å². The fourth-order valence-electron chi connectivity index (χ4n) is 3.10. The highest BCUT2D eigenvalue weighted by atomic mass is 79.9. The normalized spacial score (nSPS) is 26.0. The molecule has 0 heterocycles. The van der Waals surface area contributed by atoms with Crippen LogP contribution in [0.1, 0.15) is 50.7 Å². The van der Waals surface area contributed by atoms with Crippen LogP contribution >= 0.6 is 15.9 Å². The standard InChI is InChI=1S/C15H20BrFO/c1-2-10-5-3-4-6-12(10)15(18)11-7-8-13(16)14(17)9-11/h7-10,12,15,18H,2-6H2,1H3. The first-order valence-corrected chi connectivity index (χ1v) is 7.55. The molecule has 3 heteroatoms. The molecule has 1 saturated carbocycles.